The summed E-state index contributed by atoms with van der Waals surface area (Å²) in [5.74, 6) is -0.266. The van der Waals surface area contributed by atoms with Crippen molar-refractivity contribution in [2.45, 2.75) is 33.4 Å². The Morgan fingerprint density at radius 2 is 1.59 bits per heavy atom. The molecular formula is C32H36N2O5. The van der Waals surface area contributed by atoms with Crippen molar-refractivity contribution >= 4 is 17.4 Å². The molecule has 39 heavy (non-hydrogen) atoms. The molecule has 1 N–H and O–H groups in total. The van der Waals surface area contributed by atoms with E-state index in [0.717, 1.165) is 24.2 Å². The standard InChI is InChI=1S/C32H36N2O5/c1-4-33(5-2)19-20-34-29(24-15-17-26(18-16-24)39-22-23-11-8-7-9-12-23)28(31(36)32(34)37)30(35)25-13-10-14-27(21-25)38-6-3/h7-18,21,29,35H,4-6,19-20,22H2,1-3H3. The van der Waals surface area contributed by atoms with Gasteiger partial charge in [0.1, 0.15) is 23.9 Å². The summed E-state index contributed by atoms with van der Waals surface area (Å²) in [6.07, 6.45) is 0. The van der Waals surface area contributed by atoms with E-state index in [9.17, 15) is 14.7 Å². The van der Waals surface area contributed by atoms with Gasteiger partial charge in [0, 0.05) is 18.7 Å². The summed E-state index contributed by atoms with van der Waals surface area (Å²) in [5, 5.41) is 11.4. The Morgan fingerprint density at radius 3 is 2.26 bits per heavy atom. The van der Waals surface area contributed by atoms with Gasteiger partial charge < -0.3 is 24.4 Å². The van der Waals surface area contributed by atoms with Crippen LogP contribution < -0.4 is 9.47 Å². The van der Waals surface area contributed by atoms with Crippen LogP contribution >= 0.6 is 0 Å². The van der Waals surface area contributed by atoms with Gasteiger partial charge in [-0.15, -0.1) is 0 Å². The predicted molar refractivity (Wildman–Crippen MR) is 152 cm³/mol. The Labute approximate surface area is 230 Å². The smallest absolute Gasteiger partial charge is 0.295 e. The van der Waals surface area contributed by atoms with Gasteiger partial charge in [0.05, 0.1) is 18.2 Å². The van der Waals surface area contributed by atoms with E-state index in [1.165, 1.54) is 0 Å². The average molecular weight is 529 g/mol. The zero-order chi connectivity index (χ0) is 27.8. The summed E-state index contributed by atoms with van der Waals surface area (Å²) in [6, 6.07) is 23.5. The second-order valence-electron chi connectivity index (χ2n) is 9.32. The van der Waals surface area contributed by atoms with E-state index in [1.54, 1.807) is 29.2 Å². The fourth-order valence-electron chi connectivity index (χ4n) is 4.79. The van der Waals surface area contributed by atoms with Crippen LogP contribution in [0.3, 0.4) is 0 Å². The number of nitrogens with zero attached hydrogens (tertiary/aromatic N) is 2. The molecule has 1 amide bonds. The number of hydrogen-bond donors (Lipinski definition) is 1. The van der Waals surface area contributed by atoms with Crippen LogP contribution in [0, 0.1) is 0 Å². The van der Waals surface area contributed by atoms with Gasteiger partial charge in [-0.05, 0) is 55.4 Å². The van der Waals surface area contributed by atoms with E-state index in [2.05, 4.69) is 18.7 Å². The van der Waals surface area contributed by atoms with E-state index in [4.69, 9.17) is 9.47 Å². The molecule has 1 unspecified atom stereocenters. The van der Waals surface area contributed by atoms with Crippen molar-refractivity contribution in [2.75, 3.05) is 32.8 Å². The summed E-state index contributed by atoms with van der Waals surface area (Å²) in [6.45, 7) is 9.56. The van der Waals surface area contributed by atoms with E-state index >= 15 is 0 Å². The predicted octanol–water partition coefficient (Wildman–Crippen LogP) is 5.43. The van der Waals surface area contributed by atoms with Gasteiger partial charge in [0.15, 0.2) is 0 Å². The van der Waals surface area contributed by atoms with Gasteiger partial charge in [-0.3, -0.25) is 9.59 Å². The highest BCUT2D eigenvalue weighted by molar-refractivity contribution is 6.46. The number of aliphatic hydroxyl groups is 1. The number of ketones is 1. The van der Waals surface area contributed by atoms with Crippen molar-refractivity contribution in [3.8, 4) is 11.5 Å². The van der Waals surface area contributed by atoms with Gasteiger partial charge >= 0.3 is 0 Å². The number of carbonyl (C=O) groups excluding carboxylic acids is 2. The Balaban J connectivity index is 1.69. The Hall–Kier alpha value is -4.10. The fourth-order valence-corrected chi connectivity index (χ4v) is 4.79. The molecule has 3 aromatic carbocycles. The lowest BCUT2D eigenvalue weighted by molar-refractivity contribution is -0.140. The number of hydrogen-bond acceptors (Lipinski definition) is 6. The molecule has 0 aromatic heterocycles. The molecular weight excluding hydrogens is 492 g/mol. The first-order valence-electron chi connectivity index (χ1n) is 13.5. The Kier molecular flexibility index (Phi) is 9.39. The minimum absolute atomic E-state index is 0.0751. The van der Waals surface area contributed by atoms with Gasteiger partial charge in [0.25, 0.3) is 11.7 Å². The third-order valence-electron chi connectivity index (χ3n) is 6.95. The number of aliphatic hydroxyl groups excluding tert-OH is 1. The number of amides is 1. The highest BCUT2D eigenvalue weighted by Gasteiger charge is 2.46. The van der Waals surface area contributed by atoms with Crippen LogP contribution in [0.4, 0.5) is 0 Å². The fraction of sp³-hybridized carbons (Fsp3) is 0.312. The van der Waals surface area contributed by atoms with Crippen molar-refractivity contribution in [3.05, 3.63) is 101 Å². The summed E-state index contributed by atoms with van der Waals surface area (Å²) in [5.41, 5.74) is 2.28. The van der Waals surface area contributed by atoms with Crippen LogP contribution in [-0.4, -0.2) is 59.4 Å². The largest absolute Gasteiger partial charge is 0.507 e. The van der Waals surface area contributed by atoms with Crippen molar-refractivity contribution in [1.82, 2.24) is 9.80 Å². The molecule has 1 fully saturated rings. The van der Waals surface area contributed by atoms with Crippen LogP contribution in [0.25, 0.3) is 5.76 Å². The zero-order valence-electron chi connectivity index (χ0n) is 22.8. The van der Waals surface area contributed by atoms with Crippen LogP contribution in [0.1, 0.15) is 43.5 Å². The normalized spacial score (nSPS) is 16.6. The van der Waals surface area contributed by atoms with E-state index in [-0.39, 0.29) is 11.3 Å². The lowest BCUT2D eigenvalue weighted by Gasteiger charge is -2.28. The first kappa shape index (κ1) is 27.9. The minimum atomic E-state index is -0.723. The molecule has 0 aliphatic carbocycles. The molecule has 1 atom stereocenters. The van der Waals surface area contributed by atoms with Crippen LogP contribution in [0.2, 0.25) is 0 Å². The number of benzene rings is 3. The number of Topliss-reactive ketones (excluding diaryl/α,β-unsaturated/α-hetero) is 1. The maximum Gasteiger partial charge on any atom is 0.295 e. The molecule has 7 heteroatoms. The monoisotopic (exact) mass is 528 g/mol. The molecule has 204 valence electrons. The molecule has 0 radical (unpaired) electrons. The zero-order valence-corrected chi connectivity index (χ0v) is 22.8. The van der Waals surface area contributed by atoms with Gasteiger partial charge in [-0.2, -0.15) is 0 Å². The first-order chi connectivity index (χ1) is 19.0. The van der Waals surface area contributed by atoms with Gasteiger partial charge in [-0.25, -0.2) is 0 Å². The highest BCUT2D eigenvalue weighted by Crippen LogP contribution is 2.40. The maximum atomic E-state index is 13.4. The number of carbonyl (C=O) groups is 2. The summed E-state index contributed by atoms with van der Waals surface area (Å²) >= 11 is 0. The number of likely N-dealkylation sites (N-methyl/N-ethyl adjacent to an activating group) is 1. The number of rotatable bonds is 12. The molecule has 1 aliphatic heterocycles. The van der Waals surface area contributed by atoms with Crippen molar-refractivity contribution in [2.24, 2.45) is 0 Å². The lowest BCUT2D eigenvalue weighted by atomic mass is 9.95. The summed E-state index contributed by atoms with van der Waals surface area (Å²) < 4.78 is 11.5. The van der Waals surface area contributed by atoms with Crippen LogP contribution in [0.5, 0.6) is 11.5 Å². The summed E-state index contributed by atoms with van der Waals surface area (Å²) in [4.78, 5) is 30.4. The van der Waals surface area contributed by atoms with Crippen molar-refractivity contribution in [1.29, 1.82) is 0 Å². The molecule has 0 spiro atoms. The third kappa shape index (κ3) is 6.49. The van der Waals surface area contributed by atoms with Crippen LogP contribution in [-0.2, 0) is 16.2 Å². The molecule has 7 nitrogen and oxygen atoms in total. The second-order valence-corrected chi connectivity index (χ2v) is 9.32. The Bertz CT molecular complexity index is 1300. The van der Waals surface area contributed by atoms with E-state index in [1.807, 2.05) is 61.5 Å². The molecule has 0 saturated carbocycles. The molecule has 1 saturated heterocycles. The molecule has 0 bridgehead atoms. The van der Waals surface area contributed by atoms with E-state index < -0.39 is 17.7 Å². The van der Waals surface area contributed by atoms with E-state index in [0.29, 0.717) is 43.4 Å². The molecule has 1 heterocycles. The summed E-state index contributed by atoms with van der Waals surface area (Å²) in [7, 11) is 0. The van der Waals surface area contributed by atoms with Gasteiger partial charge in [0.2, 0.25) is 0 Å². The van der Waals surface area contributed by atoms with Gasteiger partial charge in [-0.1, -0.05) is 68.4 Å². The average Bonchev–Trinajstić information content (AvgIpc) is 3.22. The van der Waals surface area contributed by atoms with Crippen molar-refractivity contribution < 1.29 is 24.2 Å². The van der Waals surface area contributed by atoms with Crippen molar-refractivity contribution in [3.63, 3.8) is 0 Å². The third-order valence-corrected chi connectivity index (χ3v) is 6.95. The van der Waals surface area contributed by atoms with Crippen LogP contribution in [0.15, 0.2) is 84.4 Å². The topological polar surface area (TPSA) is 79.3 Å². The quantitative estimate of drug-likeness (QED) is 0.192. The first-order valence-corrected chi connectivity index (χ1v) is 13.5. The second kappa shape index (κ2) is 13.1. The SMILES string of the molecule is CCOc1cccc(C(O)=C2C(=O)C(=O)N(CCN(CC)CC)C2c2ccc(OCc3ccccc3)cc2)c1. The Morgan fingerprint density at radius 1 is 0.872 bits per heavy atom. The molecule has 4 rings (SSSR count). The number of ether oxygens (including phenoxy) is 2. The molecule has 1 aliphatic rings. The number of likely N-dealkylation sites (tertiary alicyclic amines) is 1. The molecule has 3 aromatic rings. The highest BCUT2D eigenvalue weighted by atomic mass is 16.5. The minimum Gasteiger partial charge on any atom is -0.507 e. The maximum absolute atomic E-state index is 13.4. The lowest BCUT2D eigenvalue weighted by Crippen LogP contribution is -2.38.